The Hall–Kier alpha value is -1.27. The Morgan fingerprint density at radius 1 is 1.38 bits per heavy atom. The van der Waals surface area contributed by atoms with E-state index in [-0.39, 0.29) is 16.6 Å². The minimum atomic E-state index is -3.93. The van der Waals surface area contributed by atoms with E-state index >= 15 is 0 Å². The quantitative estimate of drug-likeness (QED) is 0.841. The van der Waals surface area contributed by atoms with Crippen molar-refractivity contribution in [1.29, 1.82) is 0 Å². The van der Waals surface area contributed by atoms with E-state index in [1.54, 1.807) is 6.07 Å². The van der Waals surface area contributed by atoms with Gasteiger partial charge in [0.25, 0.3) is 9.05 Å². The van der Waals surface area contributed by atoms with Crippen LogP contribution in [-0.2, 0) is 13.8 Å². The van der Waals surface area contributed by atoms with Gasteiger partial charge in [0.1, 0.15) is 10.6 Å². The molecule has 0 spiro atoms. The van der Waals surface area contributed by atoms with Gasteiger partial charge in [0.2, 0.25) is 5.91 Å². The Morgan fingerprint density at radius 3 is 2.62 bits per heavy atom. The number of rotatable bonds is 5. The predicted molar refractivity (Wildman–Crippen MR) is 81.2 cm³/mol. The first-order valence-electron chi connectivity index (χ1n) is 6.82. The summed E-state index contributed by atoms with van der Waals surface area (Å²) in [5, 5.41) is 2.72. The van der Waals surface area contributed by atoms with E-state index in [0.29, 0.717) is 18.0 Å². The molecule has 7 heteroatoms. The summed E-state index contributed by atoms with van der Waals surface area (Å²) in [6.45, 7) is 0. The van der Waals surface area contributed by atoms with Crippen molar-refractivity contribution in [3.05, 3.63) is 18.2 Å². The van der Waals surface area contributed by atoms with Gasteiger partial charge >= 0.3 is 0 Å². The summed E-state index contributed by atoms with van der Waals surface area (Å²) in [5.41, 5.74) is 0.401. The van der Waals surface area contributed by atoms with Crippen molar-refractivity contribution in [2.24, 2.45) is 5.92 Å². The van der Waals surface area contributed by atoms with E-state index in [4.69, 9.17) is 15.4 Å². The molecule has 1 aliphatic carbocycles. The number of methoxy groups -OCH3 is 1. The average Bonchev–Trinajstić information content (AvgIpc) is 2.90. The average molecular weight is 332 g/mol. The molecular weight excluding hydrogens is 314 g/mol. The maximum Gasteiger partial charge on any atom is 0.265 e. The Labute approximate surface area is 129 Å². The molecule has 21 heavy (non-hydrogen) atoms. The zero-order valence-electron chi connectivity index (χ0n) is 11.8. The van der Waals surface area contributed by atoms with E-state index < -0.39 is 9.05 Å². The molecule has 0 atom stereocenters. The fourth-order valence-electron chi connectivity index (χ4n) is 2.63. The Morgan fingerprint density at radius 2 is 2.05 bits per heavy atom. The molecule has 1 saturated carbocycles. The lowest BCUT2D eigenvalue weighted by molar-refractivity contribution is -0.117. The van der Waals surface area contributed by atoms with Crippen LogP contribution >= 0.6 is 10.7 Å². The van der Waals surface area contributed by atoms with Gasteiger partial charge in [-0.15, -0.1) is 0 Å². The third kappa shape index (κ3) is 4.35. The smallest absolute Gasteiger partial charge is 0.265 e. The zero-order chi connectivity index (χ0) is 15.5. The SMILES string of the molecule is COc1ccc(NC(=O)CC2CCCC2)cc1S(=O)(=O)Cl. The second-order valence-electron chi connectivity index (χ2n) is 5.21. The third-order valence-electron chi connectivity index (χ3n) is 3.66. The van der Waals surface area contributed by atoms with Crippen LogP contribution in [0.15, 0.2) is 23.1 Å². The largest absolute Gasteiger partial charge is 0.495 e. The minimum absolute atomic E-state index is 0.106. The van der Waals surface area contributed by atoms with Crippen LogP contribution in [0.25, 0.3) is 0 Å². The number of carbonyl (C=O) groups is 1. The molecule has 0 aromatic heterocycles. The lowest BCUT2D eigenvalue weighted by Gasteiger charge is -2.11. The van der Waals surface area contributed by atoms with Crippen LogP contribution in [0.1, 0.15) is 32.1 Å². The van der Waals surface area contributed by atoms with Crippen molar-refractivity contribution >= 4 is 31.3 Å². The summed E-state index contributed by atoms with van der Waals surface area (Å²) in [5.74, 6) is 0.475. The topological polar surface area (TPSA) is 72.5 Å². The van der Waals surface area contributed by atoms with Gasteiger partial charge in [0, 0.05) is 22.8 Å². The third-order valence-corrected chi connectivity index (χ3v) is 5.00. The van der Waals surface area contributed by atoms with E-state index in [1.807, 2.05) is 0 Å². The molecule has 1 fully saturated rings. The van der Waals surface area contributed by atoms with Gasteiger partial charge in [-0.3, -0.25) is 4.79 Å². The second kappa shape index (κ2) is 6.66. The molecule has 116 valence electrons. The number of amides is 1. The van der Waals surface area contributed by atoms with Gasteiger partial charge < -0.3 is 10.1 Å². The number of anilines is 1. The summed E-state index contributed by atoms with van der Waals surface area (Å²) >= 11 is 0. The molecule has 1 aromatic carbocycles. The molecule has 1 aliphatic rings. The van der Waals surface area contributed by atoms with Crippen molar-refractivity contribution in [3.8, 4) is 5.75 Å². The molecule has 0 heterocycles. The first kappa shape index (κ1) is 16.1. The van der Waals surface area contributed by atoms with Crippen LogP contribution in [-0.4, -0.2) is 21.4 Å². The fraction of sp³-hybridized carbons (Fsp3) is 0.500. The molecule has 0 radical (unpaired) electrons. The number of halogens is 1. The standard InChI is InChI=1S/C14H18ClNO4S/c1-20-12-7-6-11(9-13(12)21(15,18)19)16-14(17)8-10-4-2-3-5-10/h6-7,9-10H,2-5,8H2,1H3,(H,16,17). The van der Waals surface area contributed by atoms with Crippen LogP contribution in [0.2, 0.25) is 0 Å². The monoisotopic (exact) mass is 331 g/mol. The highest BCUT2D eigenvalue weighted by Gasteiger charge is 2.20. The Bertz CT molecular complexity index is 624. The molecular formula is C14H18ClNO4S. The maximum atomic E-state index is 12.0. The number of hydrogen-bond acceptors (Lipinski definition) is 4. The van der Waals surface area contributed by atoms with Crippen molar-refractivity contribution < 1.29 is 17.9 Å². The zero-order valence-corrected chi connectivity index (χ0v) is 13.3. The van der Waals surface area contributed by atoms with E-state index in [9.17, 15) is 13.2 Å². The maximum absolute atomic E-state index is 12.0. The molecule has 1 N–H and O–H groups in total. The van der Waals surface area contributed by atoms with Gasteiger partial charge in [-0.25, -0.2) is 8.42 Å². The molecule has 1 aromatic rings. The lowest BCUT2D eigenvalue weighted by Crippen LogP contribution is -2.15. The number of benzene rings is 1. The summed E-state index contributed by atoms with van der Waals surface area (Å²) in [6.07, 6.45) is 4.98. The molecule has 5 nitrogen and oxygen atoms in total. The van der Waals surface area contributed by atoms with Crippen molar-refractivity contribution in [2.45, 2.75) is 37.0 Å². The van der Waals surface area contributed by atoms with Gasteiger partial charge in [-0.2, -0.15) is 0 Å². The Balaban J connectivity index is 2.11. The first-order chi connectivity index (χ1) is 9.90. The number of nitrogens with one attached hydrogen (secondary N) is 1. The van der Waals surface area contributed by atoms with Crippen molar-refractivity contribution in [3.63, 3.8) is 0 Å². The highest BCUT2D eigenvalue weighted by molar-refractivity contribution is 8.13. The fourth-order valence-corrected chi connectivity index (χ4v) is 3.65. The van der Waals surface area contributed by atoms with Crippen LogP contribution < -0.4 is 10.1 Å². The highest BCUT2D eigenvalue weighted by Crippen LogP contribution is 2.31. The number of hydrogen-bond donors (Lipinski definition) is 1. The number of carbonyl (C=O) groups excluding carboxylic acids is 1. The molecule has 1 amide bonds. The van der Waals surface area contributed by atoms with Gasteiger partial charge in [-0.05, 0) is 37.0 Å². The normalized spacial score (nSPS) is 15.9. The van der Waals surface area contributed by atoms with E-state index in [0.717, 1.165) is 12.8 Å². The summed E-state index contributed by atoms with van der Waals surface area (Å²) in [4.78, 5) is 11.8. The summed E-state index contributed by atoms with van der Waals surface area (Å²) in [7, 11) is 2.80. The van der Waals surface area contributed by atoms with Gasteiger partial charge in [0.05, 0.1) is 7.11 Å². The van der Waals surface area contributed by atoms with Crippen LogP contribution in [0, 0.1) is 5.92 Å². The molecule has 0 unspecified atom stereocenters. The first-order valence-corrected chi connectivity index (χ1v) is 9.13. The second-order valence-corrected chi connectivity index (χ2v) is 7.74. The summed E-state index contributed by atoms with van der Waals surface area (Å²) < 4.78 is 28.0. The molecule has 2 rings (SSSR count). The predicted octanol–water partition coefficient (Wildman–Crippen LogP) is 3.14. The molecule has 0 saturated heterocycles. The highest BCUT2D eigenvalue weighted by atomic mass is 35.7. The molecule has 0 aliphatic heterocycles. The van der Waals surface area contributed by atoms with Gasteiger partial charge in [0.15, 0.2) is 0 Å². The number of ether oxygens (including phenoxy) is 1. The van der Waals surface area contributed by atoms with Crippen LogP contribution in [0.3, 0.4) is 0 Å². The lowest BCUT2D eigenvalue weighted by atomic mass is 10.0. The minimum Gasteiger partial charge on any atom is -0.495 e. The van der Waals surface area contributed by atoms with Crippen molar-refractivity contribution in [1.82, 2.24) is 0 Å². The van der Waals surface area contributed by atoms with E-state index in [1.165, 1.54) is 32.1 Å². The van der Waals surface area contributed by atoms with Crippen molar-refractivity contribution in [2.75, 3.05) is 12.4 Å². The summed E-state index contributed by atoms with van der Waals surface area (Å²) in [6, 6.07) is 4.38. The van der Waals surface area contributed by atoms with Crippen LogP contribution in [0.4, 0.5) is 5.69 Å². The van der Waals surface area contributed by atoms with E-state index in [2.05, 4.69) is 5.32 Å². The molecule has 0 bridgehead atoms. The van der Waals surface area contributed by atoms with Gasteiger partial charge in [-0.1, -0.05) is 12.8 Å². The Kier molecular flexibility index (Phi) is 5.11. The van der Waals surface area contributed by atoms with Crippen LogP contribution in [0.5, 0.6) is 5.75 Å².